The third-order valence-corrected chi connectivity index (χ3v) is 3.35. The summed E-state index contributed by atoms with van der Waals surface area (Å²) < 4.78 is 0. The Kier molecular flexibility index (Phi) is 4.65. The largest absolute Gasteiger partial charge is 0.314 e. The number of hydrogen-bond donors (Lipinski definition) is 1. The molecular formula is C8H14N2S2. The van der Waals surface area contributed by atoms with Gasteiger partial charge in [-0.05, 0) is 12.8 Å². The van der Waals surface area contributed by atoms with Gasteiger partial charge < -0.3 is 5.32 Å². The summed E-state index contributed by atoms with van der Waals surface area (Å²) in [6, 6.07) is 0. The molecule has 0 atom stereocenters. The van der Waals surface area contributed by atoms with Gasteiger partial charge in [-0.15, -0.1) is 11.3 Å². The van der Waals surface area contributed by atoms with E-state index >= 15 is 0 Å². The van der Waals surface area contributed by atoms with Crippen molar-refractivity contribution in [1.82, 2.24) is 10.3 Å². The van der Waals surface area contributed by atoms with E-state index in [1.807, 2.05) is 18.8 Å². The van der Waals surface area contributed by atoms with Crippen LogP contribution in [0.3, 0.4) is 0 Å². The van der Waals surface area contributed by atoms with E-state index in [0.29, 0.717) is 0 Å². The average molecular weight is 202 g/mol. The number of hydrogen-bond acceptors (Lipinski definition) is 4. The predicted molar refractivity (Wildman–Crippen MR) is 56.7 cm³/mol. The molecule has 1 aromatic heterocycles. The Balaban J connectivity index is 2.41. The van der Waals surface area contributed by atoms with Crippen LogP contribution in [-0.4, -0.2) is 17.8 Å². The van der Waals surface area contributed by atoms with Crippen LogP contribution < -0.4 is 5.32 Å². The first kappa shape index (κ1) is 10.0. The summed E-state index contributed by atoms with van der Waals surface area (Å²) in [5, 5.41) is 6.46. The molecule has 0 radical (unpaired) electrons. The second kappa shape index (κ2) is 5.56. The van der Waals surface area contributed by atoms with Crippen LogP contribution in [0.1, 0.15) is 17.6 Å². The molecule has 0 aliphatic rings. The number of nitrogens with one attached hydrogen (secondary N) is 1. The van der Waals surface area contributed by atoms with Gasteiger partial charge in [0, 0.05) is 17.7 Å². The van der Waals surface area contributed by atoms with E-state index in [2.05, 4.69) is 22.6 Å². The summed E-state index contributed by atoms with van der Waals surface area (Å²) in [7, 11) is 1.94. The molecule has 0 aliphatic heterocycles. The van der Waals surface area contributed by atoms with E-state index in [9.17, 15) is 0 Å². The number of thioether (sulfide) groups is 1. The van der Waals surface area contributed by atoms with Crippen LogP contribution in [0, 0.1) is 0 Å². The fraction of sp³-hybridized carbons (Fsp3) is 0.625. The minimum Gasteiger partial charge on any atom is -0.314 e. The lowest BCUT2D eigenvalue weighted by Crippen LogP contribution is -2.05. The minimum atomic E-state index is 0.882. The van der Waals surface area contributed by atoms with E-state index in [1.165, 1.54) is 10.8 Å². The molecule has 4 heteroatoms. The fourth-order valence-corrected chi connectivity index (χ4v) is 2.41. The lowest BCUT2D eigenvalue weighted by Gasteiger charge is -1.93. The van der Waals surface area contributed by atoms with E-state index < -0.39 is 0 Å². The zero-order valence-electron chi connectivity index (χ0n) is 7.46. The molecule has 1 heterocycles. The van der Waals surface area contributed by atoms with Gasteiger partial charge in [0.1, 0.15) is 5.01 Å². The first-order chi connectivity index (χ1) is 5.86. The second-order valence-electron chi connectivity index (χ2n) is 2.40. The Morgan fingerprint density at radius 2 is 2.50 bits per heavy atom. The number of nitrogens with zero attached hydrogens (tertiary/aromatic N) is 1. The standard InChI is InChI=1S/C8H14N2S2/c1-3-11-6-8-10-7(4-9-2)5-12-8/h5,9H,3-4,6H2,1-2H3. The monoisotopic (exact) mass is 202 g/mol. The summed E-state index contributed by atoms with van der Waals surface area (Å²) in [6.07, 6.45) is 0. The van der Waals surface area contributed by atoms with Crippen LogP contribution in [0.15, 0.2) is 5.38 Å². The zero-order chi connectivity index (χ0) is 8.81. The Bertz CT molecular complexity index is 223. The van der Waals surface area contributed by atoms with Crippen LogP contribution in [0.2, 0.25) is 0 Å². The maximum atomic E-state index is 4.47. The molecule has 0 bridgehead atoms. The average Bonchev–Trinajstić information content (AvgIpc) is 2.50. The van der Waals surface area contributed by atoms with Crippen LogP contribution >= 0.6 is 23.1 Å². The summed E-state index contributed by atoms with van der Waals surface area (Å²) >= 11 is 3.68. The van der Waals surface area contributed by atoms with Crippen LogP contribution in [0.4, 0.5) is 0 Å². The van der Waals surface area contributed by atoms with Crippen molar-refractivity contribution < 1.29 is 0 Å². The second-order valence-corrected chi connectivity index (χ2v) is 4.62. The third-order valence-electron chi connectivity index (χ3n) is 1.39. The first-order valence-corrected chi connectivity index (χ1v) is 6.06. The SMILES string of the molecule is CCSCc1nc(CNC)cs1. The molecule has 0 aromatic carbocycles. The fourth-order valence-electron chi connectivity index (χ4n) is 0.867. The first-order valence-electron chi connectivity index (χ1n) is 4.02. The van der Waals surface area contributed by atoms with Crippen molar-refractivity contribution in [3.63, 3.8) is 0 Å². The molecule has 2 nitrogen and oxygen atoms in total. The summed E-state index contributed by atoms with van der Waals surface area (Å²) in [4.78, 5) is 4.47. The zero-order valence-corrected chi connectivity index (χ0v) is 9.10. The van der Waals surface area contributed by atoms with Gasteiger partial charge >= 0.3 is 0 Å². The van der Waals surface area contributed by atoms with Gasteiger partial charge in [-0.2, -0.15) is 11.8 Å². The molecule has 1 rings (SSSR count). The van der Waals surface area contributed by atoms with Crippen molar-refractivity contribution in [3.8, 4) is 0 Å². The van der Waals surface area contributed by atoms with Gasteiger partial charge in [0.15, 0.2) is 0 Å². The summed E-state index contributed by atoms with van der Waals surface area (Å²) in [5.74, 6) is 2.23. The maximum Gasteiger partial charge on any atom is 0.103 e. The molecule has 0 unspecified atom stereocenters. The number of aromatic nitrogens is 1. The number of thiazole rings is 1. The maximum absolute atomic E-state index is 4.47. The Morgan fingerprint density at radius 3 is 3.17 bits per heavy atom. The number of rotatable bonds is 5. The van der Waals surface area contributed by atoms with Gasteiger partial charge in [-0.3, -0.25) is 0 Å². The van der Waals surface area contributed by atoms with Crippen molar-refractivity contribution in [2.75, 3.05) is 12.8 Å². The lowest BCUT2D eigenvalue weighted by atomic mass is 10.5. The van der Waals surface area contributed by atoms with Gasteiger partial charge in [0.05, 0.1) is 5.69 Å². The Morgan fingerprint density at radius 1 is 1.67 bits per heavy atom. The molecule has 1 N–H and O–H groups in total. The molecule has 0 saturated carbocycles. The van der Waals surface area contributed by atoms with Gasteiger partial charge in [-0.25, -0.2) is 4.98 Å². The highest BCUT2D eigenvalue weighted by Crippen LogP contribution is 2.16. The summed E-state index contributed by atoms with van der Waals surface area (Å²) in [6.45, 7) is 3.06. The molecule has 0 spiro atoms. The Hall–Kier alpha value is -0.0600. The van der Waals surface area contributed by atoms with E-state index in [1.54, 1.807) is 11.3 Å². The minimum absolute atomic E-state index is 0.882. The molecule has 12 heavy (non-hydrogen) atoms. The van der Waals surface area contributed by atoms with E-state index in [4.69, 9.17) is 0 Å². The van der Waals surface area contributed by atoms with Gasteiger partial charge in [0.2, 0.25) is 0 Å². The lowest BCUT2D eigenvalue weighted by molar-refractivity contribution is 0.794. The highest BCUT2D eigenvalue weighted by atomic mass is 32.2. The van der Waals surface area contributed by atoms with Crippen LogP contribution in [0.25, 0.3) is 0 Å². The van der Waals surface area contributed by atoms with Crippen molar-refractivity contribution >= 4 is 23.1 Å². The van der Waals surface area contributed by atoms with Crippen molar-refractivity contribution in [2.45, 2.75) is 19.2 Å². The molecule has 0 aliphatic carbocycles. The smallest absolute Gasteiger partial charge is 0.103 e. The third kappa shape index (κ3) is 3.13. The molecule has 68 valence electrons. The molecule has 0 saturated heterocycles. The van der Waals surface area contributed by atoms with Crippen LogP contribution in [-0.2, 0) is 12.3 Å². The predicted octanol–water partition coefficient (Wildman–Crippen LogP) is 2.12. The van der Waals surface area contributed by atoms with Crippen molar-refractivity contribution in [3.05, 3.63) is 16.1 Å². The molecule has 0 fully saturated rings. The quantitative estimate of drug-likeness (QED) is 0.791. The van der Waals surface area contributed by atoms with Gasteiger partial charge in [-0.1, -0.05) is 6.92 Å². The summed E-state index contributed by atoms with van der Waals surface area (Å²) in [5.41, 5.74) is 1.16. The molecule has 1 aromatic rings. The molecular weight excluding hydrogens is 188 g/mol. The van der Waals surface area contributed by atoms with E-state index in [-0.39, 0.29) is 0 Å². The normalized spacial score (nSPS) is 10.5. The molecule has 0 amide bonds. The van der Waals surface area contributed by atoms with Gasteiger partial charge in [0.25, 0.3) is 0 Å². The van der Waals surface area contributed by atoms with Crippen LogP contribution in [0.5, 0.6) is 0 Å². The van der Waals surface area contributed by atoms with E-state index in [0.717, 1.165) is 18.0 Å². The topological polar surface area (TPSA) is 24.9 Å². The Labute approximate surface area is 81.8 Å². The van der Waals surface area contributed by atoms with Crippen molar-refractivity contribution in [1.29, 1.82) is 0 Å². The van der Waals surface area contributed by atoms with Crippen molar-refractivity contribution in [2.24, 2.45) is 0 Å². The highest BCUT2D eigenvalue weighted by Gasteiger charge is 1.99. The highest BCUT2D eigenvalue weighted by molar-refractivity contribution is 7.98.